The van der Waals surface area contributed by atoms with E-state index in [1.807, 2.05) is 35.6 Å². The van der Waals surface area contributed by atoms with Crippen LogP contribution in [-0.4, -0.2) is 40.7 Å². The summed E-state index contributed by atoms with van der Waals surface area (Å²) >= 11 is 0.973. The quantitative estimate of drug-likeness (QED) is 0.796. The van der Waals surface area contributed by atoms with Gasteiger partial charge in [-0.25, -0.2) is 4.79 Å². The van der Waals surface area contributed by atoms with E-state index in [1.165, 1.54) is 0 Å². The van der Waals surface area contributed by atoms with E-state index < -0.39 is 23.2 Å². The molecule has 1 aromatic carbocycles. The standard InChI is InChI=1S/C14H17NO5S/c1-2-20-14(19)15-12(16)9-21-11(13(17)18)8-10-6-4-3-5-7-10/h3-7,11H,2,8-9H2,1H3,(H,17,18)(H,15,16,19). The molecule has 0 heterocycles. The van der Waals surface area contributed by atoms with Gasteiger partial charge in [-0.2, -0.15) is 0 Å². The summed E-state index contributed by atoms with van der Waals surface area (Å²) in [6.45, 7) is 1.79. The van der Waals surface area contributed by atoms with Gasteiger partial charge in [-0.3, -0.25) is 14.9 Å². The summed E-state index contributed by atoms with van der Waals surface area (Å²) in [6.07, 6.45) is -0.508. The molecule has 6 nitrogen and oxygen atoms in total. The number of ether oxygens (including phenoxy) is 1. The Morgan fingerprint density at radius 2 is 1.95 bits per heavy atom. The van der Waals surface area contributed by atoms with Crippen LogP contribution >= 0.6 is 11.8 Å². The summed E-state index contributed by atoms with van der Waals surface area (Å²) in [4.78, 5) is 33.7. The maximum absolute atomic E-state index is 11.5. The van der Waals surface area contributed by atoms with E-state index in [-0.39, 0.29) is 12.4 Å². The molecule has 0 aliphatic rings. The number of carbonyl (C=O) groups is 3. The van der Waals surface area contributed by atoms with Crippen molar-refractivity contribution in [2.75, 3.05) is 12.4 Å². The topological polar surface area (TPSA) is 92.7 Å². The van der Waals surface area contributed by atoms with Gasteiger partial charge < -0.3 is 9.84 Å². The Kier molecular flexibility index (Phi) is 7.31. The summed E-state index contributed by atoms with van der Waals surface area (Å²) in [5.74, 6) is -1.69. The van der Waals surface area contributed by atoms with Crippen molar-refractivity contribution in [2.45, 2.75) is 18.6 Å². The zero-order valence-corrected chi connectivity index (χ0v) is 12.4. The number of alkyl carbamates (subject to hydrolysis) is 1. The van der Waals surface area contributed by atoms with Gasteiger partial charge in [0.2, 0.25) is 5.91 Å². The largest absolute Gasteiger partial charge is 0.480 e. The monoisotopic (exact) mass is 311 g/mol. The Morgan fingerprint density at radius 3 is 2.52 bits per heavy atom. The Bertz CT molecular complexity index is 491. The molecule has 0 spiro atoms. The third-order valence-electron chi connectivity index (χ3n) is 2.47. The van der Waals surface area contributed by atoms with E-state index in [0.29, 0.717) is 6.42 Å². The number of carboxylic acids is 1. The van der Waals surface area contributed by atoms with Crippen molar-refractivity contribution in [1.29, 1.82) is 0 Å². The number of thioether (sulfide) groups is 1. The number of amides is 2. The third-order valence-corrected chi connectivity index (χ3v) is 3.67. The van der Waals surface area contributed by atoms with Crippen molar-refractivity contribution in [2.24, 2.45) is 0 Å². The summed E-state index contributed by atoms with van der Waals surface area (Å²) in [6, 6.07) is 9.16. The number of nitrogens with one attached hydrogen (secondary N) is 1. The van der Waals surface area contributed by atoms with Crippen LogP contribution in [0.25, 0.3) is 0 Å². The van der Waals surface area contributed by atoms with Gasteiger partial charge in [-0.15, -0.1) is 11.8 Å². The van der Waals surface area contributed by atoms with Crippen molar-refractivity contribution in [3.8, 4) is 0 Å². The maximum Gasteiger partial charge on any atom is 0.413 e. The molecular formula is C14H17NO5S. The van der Waals surface area contributed by atoms with E-state index in [2.05, 4.69) is 4.74 Å². The number of hydrogen-bond donors (Lipinski definition) is 2. The van der Waals surface area contributed by atoms with Gasteiger partial charge in [0.15, 0.2) is 0 Å². The minimum Gasteiger partial charge on any atom is -0.480 e. The smallest absolute Gasteiger partial charge is 0.413 e. The number of benzene rings is 1. The van der Waals surface area contributed by atoms with Gasteiger partial charge in [0.1, 0.15) is 5.25 Å². The van der Waals surface area contributed by atoms with Crippen LogP contribution in [0.3, 0.4) is 0 Å². The fourth-order valence-corrected chi connectivity index (χ4v) is 2.42. The first-order valence-corrected chi connectivity index (χ1v) is 7.42. The van der Waals surface area contributed by atoms with E-state index in [4.69, 9.17) is 5.11 Å². The average Bonchev–Trinajstić information content (AvgIpc) is 2.44. The summed E-state index contributed by atoms with van der Waals surface area (Å²) < 4.78 is 4.57. The molecule has 0 aliphatic carbocycles. The molecule has 1 unspecified atom stereocenters. The van der Waals surface area contributed by atoms with Crippen LogP contribution in [0.2, 0.25) is 0 Å². The fourth-order valence-electron chi connectivity index (χ4n) is 1.54. The molecule has 1 atom stereocenters. The van der Waals surface area contributed by atoms with Crippen LogP contribution in [0.4, 0.5) is 4.79 Å². The highest BCUT2D eigenvalue weighted by Crippen LogP contribution is 2.16. The molecule has 2 N–H and O–H groups in total. The van der Waals surface area contributed by atoms with Crippen LogP contribution in [-0.2, 0) is 20.7 Å². The number of hydrogen-bond acceptors (Lipinski definition) is 5. The number of rotatable bonds is 7. The highest BCUT2D eigenvalue weighted by Gasteiger charge is 2.20. The second-order valence-electron chi connectivity index (χ2n) is 4.10. The van der Waals surface area contributed by atoms with Crippen LogP contribution in [0.15, 0.2) is 30.3 Å². The zero-order chi connectivity index (χ0) is 15.7. The van der Waals surface area contributed by atoms with E-state index >= 15 is 0 Å². The molecule has 0 aromatic heterocycles. The lowest BCUT2D eigenvalue weighted by Gasteiger charge is -2.12. The molecule has 1 aromatic rings. The first-order valence-electron chi connectivity index (χ1n) is 6.37. The molecule has 2 amide bonds. The van der Waals surface area contributed by atoms with Crippen molar-refractivity contribution < 1.29 is 24.2 Å². The van der Waals surface area contributed by atoms with Crippen LogP contribution < -0.4 is 5.32 Å². The van der Waals surface area contributed by atoms with Crippen molar-refractivity contribution in [1.82, 2.24) is 5.32 Å². The predicted octanol–water partition coefficient (Wildman–Crippen LogP) is 1.69. The van der Waals surface area contributed by atoms with Crippen molar-refractivity contribution >= 4 is 29.7 Å². The lowest BCUT2D eigenvalue weighted by molar-refractivity contribution is -0.136. The SMILES string of the molecule is CCOC(=O)NC(=O)CSC(Cc1ccccc1)C(=O)O. The molecule has 7 heteroatoms. The number of aliphatic carboxylic acids is 1. The second kappa shape index (κ2) is 9.02. The second-order valence-corrected chi connectivity index (χ2v) is 5.29. The zero-order valence-electron chi connectivity index (χ0n) is 11.6. The minimum absolute atomic E-state index is 0.122. The number of imide groups is 1. The van der Waals surface area contributed by atoms with Gasteiger partial charge >= 0.3 is 12.1 Å². The fraction of sp³-hybridized carbons (Fsp3) is 0.357. The summed E-state index contributed by atoms with van der Waals surface area (Å²) in [5.41, 5.74) is 0.878. The number of carboxylic acid groups (broad SMARTS) is 1. The van der Waals surface area contributed by atoms with Crippen molar-refractivity contribution in [3.05, 3.63) is 35.9 Å². The third kappa shape index (κ3) is 6.80. The molecule has 0 aliphatic heterocycles. The van der Waals surface area contributed by atoms with Gasteiger partial charge in [0, 0.05) is 0 Å². The Morgan fingerprint density at radius 1 is 1.29 bits per heavy atom. The van der Waals surface area contributed by atoms with Gasteiger partial charge in [-0.05, 0) is 18.9 Å². The van der Waals surface area contributed by atoms with E-state index in [0.717, 1.165) is 17.3 Å². The molecule has 1 rings (SSSR count). The normalized spacial score (nSPS) is 11.5. The Hall–Kier alpha value is -2.02. The molecular weight excluding hydrogens is 294 g/mol. The van der Waals surface area contributed by atoms with E-state index in [1.54, 1.807) is 6.92 Å². The van der Waals surface area contributed by atoms with Crippen LogP contribution in [0, 0.1) is 0 Å². The summed E-state index contributed by atoms with van der Waals surface area (Å²) in [5, 5.41) is 10.4. The Balaban J connectivity index is 2.46. The molecule has 0 fully saturated rings. The predicted molar refractivity (Wildman–Crippen MR) is 79.2 cm³/mol. The molecule has 21 heavy (non-hydrogen) atoms. The highest BCUT2D eigenvalue weighted by molar-refractivity contribution is 8.01. The average molecular weight is 311 g/mol. The first-order chi connectivity index (χ1) is 10.0. The molecule has 0 radical (unpaired) electrons. The molecule has 0 saturated carbocycles. The first kappa shape index (κ1) is 17.0. The van der Waals surface area contributed by atoms with Gasteiger partial charge in [0.25, 0.3) is 0 Å². The van der Waals surface area contributed by atoms with Crippen LogP contribution in [0.1, 0.15) is 12.5 Å². The van der Waals surface area contributed by atoms with E-state index in [9.17, 15) is 14.4 Å². The molecule has 0 bridgehead atoms. The highest BCUT2D eigenvalue weighted by atomic mass is 32.2. The summed E-state index contributed by atoms with van der Waals surface area (Å²) in [7, 11) is 0. The lowest BCUT2D eigenvalue weighted by Crippen LogP contribution is -2.33. The van der Waals surface area contributed by atoms with Gasteiger partial charge in [0.05, 0.1) is 12.4 Å². The van der Waals surface area contributed by atoms with Gasteiger partial charge in [-0.1, -0.05) is 30.3 Å². The molecule has 0 saturated heterocycles. The lowest BCUT2D eigenvalue weighted by atomic mass is 10.1. The van der Waals surface area contributed by atoms with Crippen molar-refractivity contribution in [3.63, 3.8) is 0 Å². The minimum atomic E-state index is -0.993. The maximum atomic E-state index is 11.5. The number of carbonyl (C=O) groups excluding carboxylic acids is 2. The molecule has 114 valence electrons. The van der Waals surface area contributed by atoms with Crippen LogP contribution in [0.5, 0.6) is 0 Å². The Labute approximate surface area is 126 Å².